The zero-order chi connectivity index (χ0) is 14.5. The highest BCUT2D eigenvalue weighted by atomic mass is 16.5. The predicted octanol–water partition coefficient (Wildman–Crippen LogP) is 2.94. The van der Waals surface area contributed by atoms with Crippen molar-refractivity contribution in [1.29, 1.82) is 0 Å². The third-order valence-corrected chi connectivity index (χ3v) is 3.00. The van der Waals surface area contributed by atoms with Gasteiger partial charge in [-0.2, -0.15) is 4.98 Å². The molecule has 0 aliphatic carbocycles. The Morgan fingerprint density at radius 1 is 1.35 bits per heavy atom. The Hall–Kier alpha value is -2.08. The number of hydrogen-bond donors (Lipinski definition) is 1. The summed E-state index contributed by atoms with van der Waals surface area (Å²) in [7, 11) is 3.16. The lowest BCUT2D eigenvalue weighted by Crippen LogP contribution is -2.03. The maximum absolute atomic E-state index is 9.88. The van der Waals surface area contributed by atoms with Crippen LogP contribution in [0.25, 0.3) is 11.5 Å². The zero-order valence-corrected chi connectivity index (χ0v) is 11.8. The van der Waals surface area contributed by atoms with Crippen molar-refractivity contribution in [2.24, 2.45) is 0 Å². The van der Waals surface area contributed by atoms with Crippen LogP contribution in [0.1, 0.15) is 31.7 Å². The van der Waals surface area contributed by atoms with Gasteiger partial charge in [0.15, 0.2) is 0 Å². The lowest BCUT2D eigenvalue weighted by atomic mass is 10.2. The van der Waals surface area contributed by atoms with Gasteiger partial charge in [0.25, 0.3) is 5.89 Å². The number of aromatic nitrogens is 2. The highest BCUT2D eigenvalue weighted by Gasteiger charge is 2.19. The molecule has 0 amide bonds. The third-order valence-electron chi connectivity index (χ3n) is 3.00. The molecule has 0 saturated heterocycles. The van der Waals surface area contributed by atoms with Crippen LogP contribution in [0.4, 0.5) is 0 Å². The predicted molar refractivity (Wildman–Crippen MR) is 72.6 cm³/mol. The molecule has 1 aromatic heterocycles. The van der Waals surface area contributed by atoms with E-state index in [0.717, 1.165) is 12.8 Å². The summed E-state index contributed by atoms with van der Waals surface area (Å²) in [5.41, 5.74) is 0.439. The van der Waals surface area contributed by atoms with E-state index in [9.17, 15) is 5.11 Å². The Morgan fingerprint density at radius 2 is 2.15 bits per heavy atom. The maximum Gasteiger partial charge on any atom is 0.261 e. The molecular formula is C14H18N2O4. The summed E-state index contributed by atoms with van der Waals surface area (Å²) < 4.78 is 15.7. The van der Waals surface area contributed by atoms with Crippen LogP contribution in [-0.2, 0) is 4.74 Å². The molecule has 2 aromatic rings. The monoisotopic (exact) mass is 278 g/mol. The van der Waals surface area contributed by atoms with Crippen LogP contribution in [0.2, 0.25) is 0 Å². The second kappa shape index (κ2) is 6.38. The van der Waals surface area contributed by atoms with Gasteiger partial charge in [-0.05, 0) is 24.6 Å². The van der Waals surface area contributed by atoms with E-state index in [0.29, 0.717) is 17.1 Å². The molecule has 0 bridgehead atoms. The minimum absolute atomic E-state index is 0.0606. The van der Waals surface area contributed by atoms with Gasteiger partial charge in [0, 0.05) is 7.11 Å². The number of methoxy groups -OCH3 is 2. The van der Waals surface area contributed by atoms with Gasteiger partial charge in [0.2, 0.25) is 5.82 Å². The molecule has 1 heterocycles. The molecular weight excluding hydrogens is 260 g/mol. The Bertz CT molecular complexity index is 568. The quantitative estimate of drug-likeness (QED) is 0.875. The molecule has 6 nitrogen and oxygen atoms in total. The zero-order valence-electron chi connectivity index (χ0n) is 11.8. The first kappa shape index (κ1) is 14.3. The van der Waals surface area contributed by atoms with Crippen molar-refractivity contribution in [3.05, 3.63) is 24.0 Å². The number of nitrogens with zero attached hydrogens (tertiary/aromatic N) is 2. The highest BCUT2D eigenvalue weighted by molar-refractivity contribution is 5.64. The van der Waals surface area contributed by atoms with Crippen LogP contribution in [0.3, 0.4) is 0 Å². The van der Waals surface area contributed by atoms with Crippen molar-refractivity contribution in [2.75, 3.05) is 14.2 Å². The second-order valence-corrected chi connectivity index (χ2v) is 4.35. The Balaban J connectivity index is 2.32. The van der Waals surface area contributed by atoms with Crippen molar-refractivity contribution in [3.63, 3.8) is 0 Å². The van der Waals surface area contributed by atoms with E-state index >= 15 is 0 Å². The third kappa shape index (κ3) is 2.91. The average molecular weight is 278 g/mol. The van der Waals surface area contributed by atoms with Crippen molar-refractivity contribution >= 4 is 0 Å². The normalized spacial score (nSPS) is 12.3. The molecule has 0 radical (unpaired) electrons. The standard InChI is InChI=1S/C14H18N2O4/c1-4-5-12(19-3)13-15-14(20-16-13)10-8-9(18-2)6-7-11(10)17/h6-8,12,17H,4-5H2,1-3H3. The van der Waals surface area contributed by atoms with Crippen LogP contribution >= 0.6 is 0 Å². The topological polar surface area (TPSA) is 77.6 Å². The second-order valence-electron chi connectivity index (χ2n) is 4.35. The van der Waals surface area contributed by atoms with Crippen molar-refractivity contribution < 1.29 is 19.1 Å². The fourth-order valence-electron chi connectivity index (χ4n) is 1.90. The summed E-state index contributed by atoms with van der Waals surface area (Å²) in [5.74, 6) is 1.39. The first-order valence-corrected chi connectivity index (χ1v) is 6.43. The molecule has 1 aromatic carbocycles. The maximum atomic E-state index is 9.88. The molecule has 0 aliphatic rings. The molecule has 20 heavy (non-hydrogen) atoms. The van der Waals surface area contributed by atoms with E-state index in [2.05, 4.69) is 17.1 Å². The first-order valence-electron chi connectivity index (χ1n) is 6.43. The van der Waals surface area contributed by atoms with E-state index in [-0.39, 0.29) is 17.7 Å². The van der Waals surface area contributed by atoms with Gasteiger partial charge in [-0.15, -0.1) is 0 Å². The number of benzene rings is 1. The summed E-state index contributed by atoms with van der Waals surface area (Å²) in [6.07, 6.45) is 1.55. The van der Waals surface area contributed by atoms with Crippen LogP contribution < -0.4 is 4.74 Å². The SMILES string of the molecule is CCCC(OC)c1noc(-c2cc(OC)ccc2O)n1. The molecule has 0 spiro atoms. The van der Waals surface area contributed by atoms with Gasteiger partial charge in [0.05, 0.1) is 12.7 Å². The Morgan fingerprint density at radius 3 is 2.80 bits per heavy atom. The highest BCUT2D eigenvalue weighted by Crippen LogP contribution is 2.32. The molecule has 6 heteroatoms. The van der Waals surface area contributed by atoms with E-state index in [4.69, 9.17) is 14.0 Å². The van der Waals surface area contributed by atoms with Gasteiger partial charge in [-0.1, -0.05) is 18.5 Å². The number of aromatic hydroxyl groups is 1. The van der Waals surface area contributed by atoms with Crippen molar-refractivity contribution in [3.8, 4) is 23.0 Å². The van der Waals surface area contributed by atoms with Crippen LogP contribution in [0.5, 0.6) is 11.5 Å². The molecule has 1 atom stereocenters. The summed E-state index contributed by atoms with van der Waals surface area (Å²) in [6.45, 7) is 2.06. The summed E-state index contributed by atoms with van der Waals surface area (Å²) in [6, 6.07) is 4.83. The number of phenols is 1. The van der Waals surface area contributed by atoms with Crippen LogP contribution in [0, 0.1) is 0 Å². The van der Waals surface area contributed by atoms with Crippen molar-refractivity contribution in [2.45, 2.75) is 25.9 Å². The molecule has 1 N–H and O–H groups in total. The smallest absolute Gasteiger partial charge is 0.261 e. The van der Waals surface area contributed by atoms with Gasteiger partial charge < -0.3 is 19.1 Å². The van der Waals surface area contributed by atoms with E-state index in [1.54, 1.807) is 26.4 Å². The largest absolute Gasteiger partial charge is 0.507 e. The van der Waals surface area contributed by atoms with Gasteiger partial charge in [-0.25, -0.2) is 0 Å². The average Bonchev–Trinajstić information content (AvgIpc) is 2.94. The number of hydrogen-bond acceptors (Lipinski definition) is 6. The Kier molecular flexibility index (Phi) is 4.57. The molecule has 0 fully saturated rings. The first-order chi connectivity index (χ1) is 9.69. The molecule has 108 valence electrons. The van der Waals surface area contributed by atoms with E-state index in [1.807, 2.05) is 0 Å². The van der Waals surface area contributed by atoms with E-state index in [1.165, 1.54) is 6.07 Å². The van der Waals surface area contributed by atoms with Gasteiger partial charge in [-0.3, -0.25) is 0 Å². The molecule has 1 unspecified atom stereocenters. The van der Waals surface area contributed by atoms with Gasteiger partial charge >= 0.3 is 0 Å². The van der Waals surface area contributed by atoms with Gasteiger partial charge in [0.1, 0.15) is 17.6 Å². The lowest BCUT2D eigenvalue weighted by molar-refractivity contribution is 0.0854. The summed E-state index contributed by atoms with van der Waals surface area (Å²) >= 11 is 0. The van der Waals surface area contributed by atoms with Crippen molar-refractivity contribution in [1.82, 2.24) is 10.1 Å². The molecule has 0 aliphatic heterocycles. The summed E-state index contributed by atoms with van der Waals surface area (Å²) in [4.78, 5) is 4.29. The lowest BCUT2D eigenvalue weighted by Gasteiger charge is -2.08. The minimum Gasteiger partial charge on any atom is -0.507 e. The molecule has 2 rings (SSSR count). The number of rotatable bonds is 6. The summed E-state index contributed by atoms with van der Waals surface area (Å²) in [5, 5.41) is 13.8. The number of phenolic OH excluding ortho intramolecular Hbond substituents is 1. The Labute approximate surface area is 117 Å². The number of ether oxygens (including phenoxy) is 2. The van der Waals surface area contributed by atoms with Crippen LogP contribution in [-0.4, -0.2) is 29.5 Å². The van der Waals surface area contributed by atoms with Crippen LogP contribution in [0.15, 0.2) is 22.7 Å². The molecule has 0 saturated carbocycles. The fraction of sp³-hybridized carbons (Fsp3) is 0.429. The minimum atomic E-state index is -0.203. The van der Waals surface area contributed by atoms with E-state index < -0.39 is 0 Å². The fourth-order valence-corrected chi connectivity index (χ4v) is 1.90.